The molecular formula is C25H25N5O3S. The summed E-state index contributed by atoms with van der Waals surface area (Å²) in [4.78, 5) is 36.0. The van der Waals surface area contributed by atoms with Crippen molar-refractivity contribution in [2.24, 2.45) is 0 Å². The Balaban J connectivity index is 1.35. The summed E-state index contributed by atoms with van der Waals surface area (Å²) >= 11 is 1.35. The fraction of sp³-hybridized carbons (Fsp3) is 0.320. The standard InChI is InChI=1S/C25H25N5O3S/c1-17(21-4-2-3-9-28-21)14-23(31)29-24-20(15-26)19-7-12-30(16-22(19)34-24)25(32)33-13-8-18-5-10-27-11-6-18/h2-6,9-11,17H,7-8,12-14,16H2,1H3,(H,29,31)/t17-/m0/s1. The molecule has 0 spiro atoms. The molecule has 8 nitrogen and oxygen atoms in total. The summed E-state index contributed by atoms with van der Waals surface area (Å²) in [7, 11) is 0. The number of anilines is 1. The molecule has 9 heteroatoms. The zero-order valence-electron chi connectivity index (χ0n) is 18.9. The lowest BCUT2D eigenvalue weighted by molar-refractivity contribution is -0.116. The average Bonchev–Trinajstić information content (AvgIpc) is 3.20. The molecule has 3 aromatic heterocycles. The highest BCUT2D eigenvalue weighted by molar-refractivity contribution is 7.16. The number of hydrogen-bond donors (Lipinski definition) is 1. The second-order valence-electron chi connectivity index (χ2n) is 8.12. The summed E-state index contributed by atoms with van der Waals surface area (Å²) in [6.45, 7) is 3.07. The Bertz CT molecular complexity index is 1190. The second kappa shape index (κ2) is 10.9. The molecular weight excluding hydrogens is 450 g/mol. The van der Waals surface area contributed by atoms with E-state index in [1.807, 2.05) is 37.3 Å². The van der Waals surface area contributed by atoms with Gasteiger partial charge in [0.1, 0.15) is 11.1 Å². The fourth-order valence-electron chi connectivity index (χ4n) is 3.89. The number of aromatic nitrogens is 2. The number of hydrogen-bond acceptors (Lipinski definition) is 7. The number of pyridine rings is 2. The lowest BCUT2D eigenvalue weighted by Crippen LogP contribution is -2.36. The molecule has 1 aliphatic rings. The summed E-state index contributed by atoms with van der Waals surface area (Å²) in [5, 5.41) is 13.2. The molecule has 0 unspecified atom stereocenters. The molecule has 4 rings (SSSR count). The van der Waals surface area contributed by atoms with Gasteiger partial charge in [0.25, 0.3) is 0 Å². The van der Waals surface area contributed by atoms with Crippen LogP contribution >= 0.6 is 11.3 Å². The van der Waals surface area contributed by atoms with Gasteiger partial charge in [-0.15, -0.1) is 11.3 Å². The Morgan fingerprint density at radius 2 is 2.09 bits per heavy atom. The van der Waals surface area contributed by atoms with Crippen molar-refractivity contribution in [1.29, 1.82) is 5.26 Å². The van der Waals surface area contributed by atoms with Gasteiger partial charge in [0.05, 0.1) is 18.7 Å². The van der Waals surface area contributed by atoms with Crippen LogP contribution in [0.15, 0.2) is 48.9 Å². The molecule has 0 aromatic carbocycles. The van der Waals surface area contributed by atoms with Crippen LogP contribution in [0.4, 0.5) is 9.80 Å². The highest BCUT2D eigenvalue weighted by atomic mass is 32.1. The maximum absolute atomic E-state index is 12.7. The largest absolute Gasteiger partial charge is 0.449 e. The fourth-order valence-corrected chi connectivity index (χ4v) is 5.12. The van der Waals surface area contributed by atoms with Gasteiger partial charge in [-0.1, -0.05) is 13.0 Å². The minimum Gasteiger partial charge on any atom is -0.449 e. The van der Waals surface area contributed by atoms with Crippen molar-refractivity contribution in [2.75, 3.05) is 18.5 Å². The minimum atomic E-state index is -0.374. The Morgan fingerprint density at radius 1 is 1.26 bits per heavy atom. The second-order valence-corrected chi connectivity index (χ2v) is 9.22. The van der Waals surface area contributed by atoms with Gasteiger partial charge in [0, 0.05) is 54.5 Å². The Morgan fingerprint density at radius 3 is 2.82 bits per heavy atom. The summed E-state index contributed by atoms with van der Waals surface area (Å²) < 4.78 is 5.44. The zero-order chi connectivity index (χ0) is 23.9. The molecule has 2 amide bonds. The van der Waals surface area contributed by atoms with Crippen LogP contribution in [0.2, 0.25) is 0 Å². The van der Waals surface area contributed by atoms with Gasteiger partial charge in [-0.05, 0) is 41.8 Å². The third kappa shape index (κ3) is 5.58. The van der Waals surface area contributed by atoms with Gasteiger partial charge in [0.15, 0.2) is 0 Å². The van der Waals surface area contributed by atoms with E-state index in [4.69, 9.17) is 4.74 Å². The van der Waals surface area contributed by atoms with E-state index >= 15 is 0 Å². The van der Waals surface area contributed by atoms with Crippen LogP contribution in [0, 0.1) is 11.3 Å². The van der Waals surface area contributed by atoms with Crippen LogP contribution in [-0.4, -0.2) is 40.0 Å². The van der Waals surface area contributed by atoms with Crippen LogP contribution in [0.3, 0.4) is 0 Å². The highest BCUT2D eigenvalue weighted by Crippen LogP contribution is 2.37. The van der Waals surface area contributed by atoms with Crippen molar-refractivity contribution in [2.45, 2.75) is 38.6 Å². The molecule has 3 aromatic rings. The van der Waals surface area contributed by atoms with E-state index in [0.29, 0.717) is 36.5 Å². The zero-order valence-corrected chi connectivity index (χ0v) is 19.7. The first-order valence-electron chi connectivity index (χ1n) is 11.1. The van der Waals surface area contributed by atoms with E-state index < -0.39 is 0 Å². The number of fused-ring (bicyclic) bond motifs is 1. The summed E-state index contributed by atoms with van der Waals surface area (Å²) in [6.07, 6.45) is 6.19. The molecule has 0 bridgehead atoms. The lowest BCUT2D eigenvalue weighted by Gasteiger charge is -2.26. The predicted molar refractivity (Wildman–Crippen MR) is 128 cm³/mol. The van der Waals surface area contributed by atoms with E-state index in [0.717, 1.165) is 21.7 Å². The number of nitrogens with zero attached hydrogens (tertiary/aromatic N) is 4. The Labute approximate surface area is 202 Å². The molecule has 34 heavy (non-hydrogen) atoms. The third-order valence-electron chi connectivity index (χ3n) is 5.73. The van der Waals surface area contributed by atoms with Gasteiger partial charge < -0.3 is 15.0 Å². The smallest absolute Gasteiger partial charge is 0.410 e. The molecule has 4 heterocycles. The quantitative estimate of drug-likeness (QED) is 0.546. The summed E-state index contributed by atoms with van der Waals surface area (Å²) in [5.41, 5.74) is 3.30. The van der Waals surface area contributed by atoms with Crippen molar-refractivity contribution in [3.8, 4) is 6.07 Å². The van der Waals surface area contributed by atoms with Crippen molar-refractivity contribution < 1.29 is 14.3 Å². The summed E-state index contributed by atoms with van der Waals surface area (Å²) in [5.74, 6) is -0.209. The predicted octanol–water partition coefficient (Wildman–Crippen LogP) is 4.28. The van der Waals surface area contributed by atoms with Crippen LogP contribution < -0.4 is 5.32 Å². The number of carbonyl (C=O) groups is 2. The number of ether oxygens (including phenoxy) is 1. The van der Waals surface area contributed by atoms with Crippen LogP contribution in [0.5, 0.6) is 0 Å². The first-order valence-corrected chi connectivity index (χ1v) is 11.9. The van der Waals surface area contributed by atoms with Crippen LogP contribution in [0.1, 0.15) is 46.5 Å². The SMILES string of the molecule is C[C@@H](CC(=O)Nc1sc2c(c1C#N)CCN(C(=O)OCCc1ccncc1)C2)c1ccccn1. The number of rotatable bonds is 7. The molecule has 0 saturated heterocycles. The van der Waals surface area contributed by atoms with E-state index in [9.17, 15) is 14.9 Å². The normalized spacial score (nSPS) is 13.5. The van der Waals surface area contributed by atoms with E-state index in [1.54, 1.807) is 23.5 Å². The molecule has 1 atom stereocenters. The number of nitriles is 1. The Hall–Kier alpha value is -3.77. The molecule has 0 fully saturated rings. The van der Waals surface area contributed by atoms with Gasteiger partial charge in [-0.3, -0.25) is 14.8 Å². The van der Waals surface area contributed by atoms with Crippen LogP contribution in [-0.2, 0) is 28.9 Å². The molecule has 1 N–H and O–H groups in total. The molecule has 0 aliphatic carbocycles. The van der Waals surface area contributed by atoms with Gasteiger partial charge >= 0.3 is 6.09 Å². The van der Waals surface area contributed by atoms with Crippen molar-refractivity contribution in [3.05, 3.63) is 76.2 Å². The topological polar surface area (TPSA) is 108 Å². The third-order valence-corrected chi connectivity index (χ3v) is 6.86. The molecule has 0 saturated carbocycles. The van der Waals surface area contributed by atoms with Crippen LogP contribution in [0.25, 0.3) is 0 Å². The number of amides is 2. The van der Waals surface area contributed by atoms with Crippen molar-refractivity contribution >= 4 is 28.3 Å². The lowest BCUT2D eigenvalue weighted by atomic mass is 10.0. The van der Waals surface area contributed by atoms with E-state index in [2.05, 4.69) is 21.4 Å². The van der Waals surface area contributed by atoms with Gasteiger partial charge in [-0.25, -0.2) is 4.79 Å². The average molecular weight is 476 g/mol. The first-order chi connectivity index (χ1) is 16.5. The minimum absolute atomic E-state index is 0.0428. The monoisotopic (exact) mass is 475 g/mol. The molecule has 0 radical (unpaired) electrons. The first kappa shape index (κ1) is 23.4. The molecule has 1 aliphatic heterocycles. The van der Waals surface area contributed by atoms with E-state index in [-0.39, 0.29) is 30.9 Å². The molecule has 174 valence electrons. The maximum atomic E-state index is 12.7. The summed E-state index contributed by atoms with van der Waals surface area (Å²) in [6, 6.07) is 11.6. The Kier molecular flexibility index (Phi) is 7.50. The van der Waals surface area contributed by atoms with E-state index in [1.165, 1.54) is 11.3 Å². The number of thiophene rings is 1. The number of nitrogens with one attached hydrogen (secondary N) is 1. The highest BCUT2D eigenvalue weighted by Gasteiger charge is 2.28. The maximum Gasteiger partial charge on any atom is 0.410 e. The van der Waals surface area contributed by atoms with Gasteiger partial charge in [0.2, 0.25) is 5.91 Å². The number of carbonyl (C=O) groups excluding carboxylic acids is 2. The van der Waals surface area contributed by atoms with Gasteiger partial charge in [-0.2, -0.15) is 5.26 Å². The van der Waals surface area contributed by atoms with Crippen molar-refractivity contribution in [1.82, 2.24) is 14.9 Å². The van der Waals surface area contributed by atoms with Crippen molar-refractivity contribution in [3.63, 3.8) is 0 Å².